The number of nitrogens with one attached hydrogen (secondary N) is 1. The van der Waals surface area contributed by atoms with Gasteiger partial charge in [-0.25, -0.2) is 0 Å². The monoisotopic (exact) mass is 372 g/mol. The average Bonchev–Trinajstić information content (AvgIpc) is 3.15. The van der Waals surface area contributed by atoms with Crippen LogP contribution in [0.15, 0.2) is 40.9 Å². The van der Waals surface area contributed by atoms with Crippen LogP contribution in [-0.2, 0) is 33.7 Å². The lowest BCUT2D eigenvalue weighted by Crippen LogP contribution is -2.33. The number of nitrogens with zero attached hydrogens (tertiary/aromatic N) is 1. The van der Waals surface area contributed by atoms with Gasteiger partial charge >= 0.3 is 0 Å². The lowest BCUT2D eigenvalue weighted by atomic mass is 10.0. The Kier molecular flexibility index (Phi) is 7.86. The maximum atomic E-state index is 12.0. The van der Waals surface area contributed by atoms with Crippen LogP contribution in [0.3, 0.4) is 0 Å². The molecule has 0 spiro atoms. The van der Waals surface area contributed by atoms with Crippen LogP contribution in [0.2, 0.25) is 0 Å². The van der Waals surface area contributed by atoms with E-state index in [0.717, 1.165) is 38.9 Å². The molecule has 1 aromatic carbocycles. The van der Waals surface area contributed by atoms with Gasteiger partial charge in [0.2, 0.25) is 5.91 Å². The molecule has 1 N–H and O–H groups in total. The first kappa shape index (κ1) is 19.6. The molecule has 2 aromatic rings. The first-order valence-electron chi connectivity index (χ1n) is 9.70. The number of benzene rings is 1. The fourth-order valence-electron chi connectivity index (χ4n) is 3.14. The van der Waals surface area contributed by atoms with E-state index in [1.807, 2.05) is 18.2 Å². The van der Waals surface area contributed by atoms with E-state index in [4.69, 9.17) is 14.0 Å². The van der Waals surface area contributed by atoms with E-state index in [0.29, 0.717) is 37.1 Å². The fourth-order valence-corrected chi connectivity index (χ4v) is 3.14. The van der Waals surface area contributed by atoms with Gasteiger partial charge in [-0.15, -0.1) is 0 Å². The molecule has 0 bridgehead atoms. The predicted octanol–water partition coefficient (Wildman–Crippen LogP) is 2.91. The Labute approximate surface area is 160 Å². The summed E-state index contributed by atoms with van der Waals surface area (Å²) in [6.45, 7) is 3.33. The highest BCUT2D eigenvalue weighted by atomic mass is 16.5. The van der Waals surface area contributed by atoms with Crippen molar-refractivity contribution in [1.29, 1.82) is 0 Å². The highest BCUT2D eigenvalue weighted by Crippen LogP contribution is 2.13. The number of carbonyl (C=O) groups excluding carboxylic acids is 1. The van der Waals surface area contributed by atoms with Crippen LogP contribution in [0.4, 0.5) is 0 Å². The zero-order valence-electron chi connectivity index (χ0n) is 15.7. The molecule has 1 amide bonds. The van der Waals surface area contributed by atoms with Gasteiger partial charge in [-0.3, -0.25) is 4.79 Å². The number of aryl methyl sites for hydroxylation is 1. The Balaban J connectivity index is 1.29. The van der Waals surface area contributed by atoms with Gasteiger partial charge in [0, 0.05) is 32.4 Å². The zero-order valence-corrected chi connectivity index (χ0v) is 15.7. The molecule has 27 heavy (non-hydrogen) atoms. The van der Waals surface area contributed by atoms with Crippen molar-refractivity contribution in [3.8, 4) is 0 Å². The quantitative estimate of drug-likeness (QED) is 0.649. The molecule has 146 valence electrons. The number of hydrogen-bond acceptors (Lipinski definition) is 5. The third kappa shape index (κ3) is 7.15. The Bertz CT molecular complexity index is 680. The van der Waals surface area contributed by atoms with E-state index in [1.54, 1.807) is 6.07 Å². The second kappa shape index (κ2) is 10.8. The van der Waals surface area contributed by atoms with Crippen LogP contribution < -0.4 is 5.32 Å². The highest BCUT2D eigenvalue weighted by molar-refractivity contribution is 5.78. The van der Waals surface area contributed by atoms with Gasteiger partial charge in [0.1, 0.15) is 6.61 Å². The van der Waals surface area contributed by atoms with E-state index in [1.165, 1.54) is 5.56 Å². The lowest BCUT2D eigenvalue weighted by molar-refractivity contribution is -0.120. The van der Waals surface area contributed by atoms with Gasteiger partial charge in [0.15, 0.2) is 5.76 Å². The number of rotatable bonds is 10. The Morgan fingerprint density at radius 1 is 1.22 bits per heavy atom. The second-order valence-corrected chi connectivity index (χ2v) is 6.96. The molecule has 6 nitrogen and oxygen atoms in total. The van der Waals surface area contributed by atoms with E-state index < -0.39 is 0 Å². The molecule has 2 heterocycles. The molecule has 0 aliphatic carbocycles. The van der Waals surface area contributed by atoms with Crippen molar-refractivity contribution in [3.63, 3.8) is 0 Å². The summed E-state index contributed by atoms with van der Waals surface area (Å²) in [7, 11) is 0. The Hall–Kier alpha value is -2.18. The molecular formula is C21H28N2O4. The van der Waals surface area contributed by atoms with Gasteiger partial charge in [0.05, 0.1) is 12.1 Å². The maximum Gasteiger partial charge on any atom is 0.226 e. The summed E-state index contributed by atoms with van der Waals surface area (Å²) < 4.78 is 16.2. The minimum atomic E-state index is -0.0230. The lowest BCUT2D eigenvalue weighted by Gasteiger charge is -2.21. The molecule has 0 atom stereocenters. The first-order valence-corrected chi connectivity index (χ1v) is 9.70. The third-order valence-electron chi connectivity index (χ3n) is 4.72. The minimum absolute atomic E-state index is 0.0230. The molecule has 1 aliphatic rings. The van der Waals surface area contributed by atoms with Crippen molar-refractivity contribution in [2.24, 2.45) is 5.92 Å². The van der Waals surface area contributed by atoms with E-state index >= 15 is 0 Å². The summed E-state index contributed by atoms with van der Waals surface area (Å²) in [5, 5.41) is 6.94. The Morgan fingerprint density at radius 3 is 2.85 bits per heavy atom. The molecule has 1 aromatic heterocycles. The van der Waals surface area contributed by atoms with Crippen LogP contribution in [0.1, 0.15) is 36.3 Å². The smallest absolute Gasteiger partial charge is 0.226 e. The zero-order chi connectivity index (χ0) is 18.7. The van der Waals surface area contributed by atoms with Crippen LogP contribution in [-0.4, -0.2) is 37.4 Å². The van der Waals surface area contributed by atoms with Crippen molar-refractivity contribution in [1.82, 2.24) is 10.5 Å². The summed E-state index contributed by atoms with van der Waals surface area (Å²) in [6.07, 6.45) is 4.21. The second-order valence-electron chi connectivity index (χ2n) is 6.96. The van der Waals surface area contributed by atoms with Gasteiger partial charge in [-0.1, -0.05) is 35.5 Å². The topological polar surface area (TPSA) is 73.6 Å². The SMILES string of the molecule is O=C(Cc1cc(COCCCc2ccccc2)on1)NCC1CCOCC1. The minimum Gasteiger partial charge on any atom is -0.381 e. The maximum absolute atomic E-state index is 12.0. The first-order chi connectivity index (χ1) is 13.3. The predicted molar refractivity (Wildman–Crippen MR) is 101 cm³/mol. The van der Waals surface area contributed by atoms with Crippen LogP contribution in [0.5, 0.6) is 0 Å². The summed E-state index contributed by atoms with van der Waals surface area (Å²) in [5.74, 6) is 1.15. The summed E-state index contributed by atoms with van der Waals surface area (Å²) in [6, 6.07) is 12.2. The van der Waals surface area contributed by atoms with Crippen molar-refractivity contribution in [2.75, 3.05) is 26.4 Å². The molecular weight excluding hydrogens is 344 g/mol. The number of carbonyl (C=O) groups is 1. The average molecular weight is 372 g/mol. The van der Waals surface area contributed by atoms with E-state index in [2.05, 4.69) is 22.6 Å². The van der Waals surface area contributed by atoms with E-state index in [9.17, 15) is 4.79 Å². The largest absolute Gasteiger partial charge is 0.381 e. The standard InChI is InChI=1S/C21H28N2O4/c24-21(22-15-18-8-11-25-12-9-18)14-19-13-20(27-23-19)16-26-10-4-7-17-5-2-1-3-6-17/h1-3,5-6,13,18H,4,7-12,14-16H2,(H,22,24). The van der Waals surface area contributed by atoms with Crippen molar-refractivity contribution < 1.29 is 18.8 Å². The van der Waals surface area contributed by atoms with Crippen LogP contribution >= 0.6 is 0 Å². The number of hydrogen-bond donors (Lipinski definition) is 1. The molecule has 3 rings (SSSR count). The molecule has 0 saturated carbocycles. The van der Waals surface area contributed by atoms with Crippen molar-refractivity contribution in [2.45, 2.75) is 38.7 Å². The van der Waals surface area contributed by atoms with Gasteiger partial charge in [0.25, 0.3) is 0 Å². The van der Waals surface area contributed by atoms with Gasteiger partial charge in [-0.05, 0) is 37.2 Å². The summed E-state index contributed by atoms with van der Waals surface area (Å²) in [5.41, 5.74) is 1.96. The van der Waals surface area contributed by atoms with Crippen LogP contribution in [0, 0.1) is 5.92 Å². The Morgan fingerprint density at radius 2 is 2.04 bits per heavy atom. The highest BCUT2D eigenvalue weighted by Gasteiger charge is 2.15. The summed E-state index contributed by atoms with van der Waals surface area (Å²) >= 11 is 0. The van der Waals surface area contributed by atoms with Crippen molar-refractivity contribution in [3.05, 3.63) is 53.4 Å². The van der Waals surface area contributed by atoms with E-state index in [-0.39, 0.29) is 12.3 Å². The van der Waals surface area contributed by atoms with Gasteiger partial charge in [-0.2, -0.15) is 0 Å². The van der Waals surface area contributed by atoms with Gasteiger partial charge < -0.3 is 19.3 Å². The van der Waals surface area contributed by atoms with Crippen LogP contribution in [0.25, 0.3) is 0 Å². The molecule has 1 aliphatic heterocycles. The molecule has 0 unspecified atom stereocenters. The fraction of sp³-hybridized carbons (Fsp3) is 0.524. The molecule has 1 fully saturated rings. The summed E-state index contributed by atoms with van der Waals surface area (Å²) in [4.78, 5) is 12.0. The normalized spacial score (nSPS) is 15.0. The number of amides is 1. The van der Waals surface area contributed by atoms with Crippen molar-refractivity contribution >= 4 is 5.91 Å². The molecule has 1 saturated heterocycles. The molecule has 0 radical (unpaired) electrons. The molecule has 6 heteroatoms. The third-order valence-corrected chi connectivity index (χ3v) is 4.72. The number of ether oxygens (including phenoxy) is 2. The number of aromatic nitrogens is 1.